The average molecular weight is 363 g/mol. The molecule has 0 unspecified atom stereocenters. The van der Waals surface area contributed by atoms with Crippen LogP contribution in [0.1, 0.15) is 51.2 Å². The van der Waals surface area contributed by atoms with Crippen molar-refractivity contribution in [1.82, 2.24) is 14.9 Å². The molecule has 0 aliphatic carbocycles. The van der Waals surface area contributed by atoms with Gasteiger partial charge in [0.05, 0.1) is 23.7 Å². The molecule has 0 aliphatic rings. The van der Waals surface area contributed by atoms with Crippen molar-refractivity contribution in [3.63, 3.8) is 0 Å². The lowest BCUT2D eigenvalue weighted by Gasteiger charge is -2.25. The summed E-state index contributed by atoms with van der Waals surface area (Å²) in [6.07, 6.45) is 3.10. The Balaban J connectivity index is 2.99. The third-order valence-electron chi connectivity index (χ3n) is 3.38. The smallest absolute Gasteiger partial charge is 0.410 e. The average Bonchev–Trinajstić information content (AvgIpc) is 2.52. The van der Waals surface area contributed by atoms with E-state index in [-0.39, 0.29) is 0 Å². The van der Waals surface area contributed by atoms with Crippen LogP contribution < -0.4 is 0 Å². The quantitative estimate of drug-likeness (QED) is 0.570. The van der Waals surface area contributed by atoms with Crippen molar-refractivity contribution in [3.05, 3.63) is 29.4 Å². The molecule has 7 nitrogen and oxygen atoms in total. The Kier molecular flexibility index (Phi) is 7.74. The highest BCUT2D eigenvalue weighted by Crippen LogP contribution is 2.20. The van der Waals surface area contributed by atoms with E-state index in [1.54, 1.807) is 20.2 Å². The fourth-order valence-corrected chi connectivity index (χ4v) is 2.15. The van der Waals surface area contributed by atoms with E-state index in [2.05, 4.69) is 9.97 Å². The molecular weight excluding hydrogens is 334 g/mol. The molecule has 1 heterocycles. The Hall–Kier alpha value is -2.44. The van der Waals surface area contributed by atoms with Gasteiger partial charge in [-0.25, -0.2) is 14.6 Å². The molecule has 0 radical (unpaired) electrons. The van der Waals surface area contributed by atoms with Gasteiger partial charge in [-0.3, -0.25) is 4.98 Å². The molecule has 0 spiro atoms. The zero-order chi connectivity index (χ0) is 19.9. The summed E-state index contributed by atoms with van der Waals surface area (Å²) in [4.78, 5) is 34.3. The number of aryl methyl sites for hydroxylation is 2. The van der Waals surface area contributed by atoms with Gasteiger partial charge in [-0.05, 0) is 53.5 Å². The highest BCUT2D eigenvalue weighted by atomic mass is 16.6. The molecule has 0 atom stereocenters. The molecule has 0 N–H and O–H groups in total. The minimum absolute atomic E-state index is 0.291. The van der Waals surface area contributed by atoms with E-state index in [1.807, 2.05) is 34.6 Å². The highest BCUT2D eigenvalue weighted by Gasteiger charge is 2.20. The predicted molar refractivity (Wildman–Crippen MR) is 99.6 cm³/mol. The molecular formula is C19H29N3O4. The second kappa shape index (κ2) is 9.31. The number of aromatic nitrogens is 2. The summed E-state index contributed by atoms with van der Waals surface area (Å²) in [6.45, 7) is 11.5. The van der Waals surface area contributed by atoms with Crippen LogP contribution in [0.5, 0.6) is 0 Å². The van der Waals surface area contributed by atoms with E-state index in [9.17, 15) is 9.59 Å². The van der Waals surface area contributed by atoms with Gasteiger partial charge in [-0.1, -0.05) is 0 Å². The van der Waals surface area contributed by atoms with Crippen molar-refractivity contribution in [2.75, 3.05) is 20.2 Å². The Morgan fingerprint density at radius 3 is 2.50 bits per heavy atom. The molecule has 0 aliphatic heterocycles. The zero-order valence-corrected chi connectivity index (χ0v) is 16.8. The molecule has 0 bridgehead atoms. The Morgan fingerprint density at radius 1 is 1.27 bits per heavy atom. The normalized spacial score (nSPS) is 11.9. The Labute approximate surface area is 155 Å². The lowest BCUT2D eigenvalue weighted by atomic mass is 10.1. The van der Waals surface area contributed by atoms with Gasteiger partial charge in [0.1, 0.15) is 5.60 Å². The van der Waals surface area contributed by atoms with Gasteiger partial charge < -0.3 is 14.4 Å². The predicted octanol–water partition coefficient (Wildman–Crippen LogP) is 3.30. The fraction of sp³-hybridized carbons (Fsp3) is 0.579. The molecule has 1 rings (SSSR count). The first-order valence-electron chi connectivity index (χ1n) is 8.65. The number of hydrogen-bond acceptors (Lipinski definition) is 6. The second-order valence-corrected chi connectivity index (χ2v) is 7.02. The minimum atomic E-state index is -0.562. The molecule has 0 aromatic carbocycles. The van der Waals surface area contributed by atoms with E-state index >= 15 is 0 Å². The summed E-state index contributed by atoms with van der Waals surface area (Å²) < 4.78 is 10.4. The van der Waals surface area contributed by atoms with Crippen molar-refractivity contribution in [3.8, 4) is 0 Å². The highest BCUT2D eigenvalue weighted by molar-refractivity contribution is 5.91. The molecule has 1 aromatic heterocycles. The van der Waals surface area contributed by atoms with Gasteiger partial charge in [-0.2, -0.15) is 0 Å². The number of carbonyl (C=O) groups is 2. The summed E-state index contributed by atoms with van der Waals surface area (Å²) >= 11 is 0. The molecule has 1 aromatic rings. The Morgan fingerprint density at radius 2 is 1.92 bits per heavy atom. The molecule has 0 fully saturated rings. The van der Waals surface area contributed by atoms with Gasteiger partial charge >= 0.3 is 12.1 Å². The summed E-state index contributed by atoms with van der Waals surface area (Å²) in [7, 11) is 1.66. The third kappa shape index (κ3) is 7.21. The first-order chi connectivity index (χ1) is 12.0. The minimum Gasteiger partial charge on any atom is -0.463 e. The lowest BCUT2D eigenvalue weighted by molar-refractivity contribution is -0.137. The van der Waals surface area contributed by atoms with Gasteiger partial charge in [-0.15, -0.1) is 0 Å². The van der Waals surface area contributed by atoms with Crippen LogP contribution in [0.15, 0.2) is 12.3 Å². The largest absolute Gasteiger partial charge is 0.463 e. The second-order valence-electron chi connectivity index (χ2n) is 7.02. The summed E-state index contributed by atoms with van der Waals surface area (Å²) in [6, 6.07) is 0. The zero-order valence-electron chi connectivity index (χ0n) is 16.8. The topological polar surface area (TPSA) is 81.6 Å². The van der Waals surface area contributed by atoms with Crippen LogP contribution in [-0.4, -0.2) is 52.7 Å². The van der Waals surface area contributed by atoms with Crippen molar-refractivity contribution >= 4 is 17.6 Å². The Bertz CT molecular complexity index is 678. The lowest BCUT2D eigenvalue weighted by Crippen LogP contribution is -2.34. The van der Waals surface area contributed by atoms with Crippen molar-refractivity contribution in [2.45, 2.75) is 53.6 Å². The number of nitrogens with zero attached hydrogens (tertiary/aromatic N) is 3. The first-order valence-corrected chi connectivity index (χ1v) is 8.65. The fourth-order valence-electron chi connectivity index (χ4n) is 2.15. The molecule has 0 saturated heterocycles. The number of hydrogen-bond donors (Lipinski definition) is 0. The van der Waals surface area contributed by atoms with E-state index < -0.39 is 17.7 Å². The maximum atomic E-state index is 12.1. The molecule has 7 heteroatoms. The van der Waals surface area contributed by atoms with Crippen LogP contribution in [-0.2, 0) is 14.3 Å². The molecule has 0 saturated carbocycles. The summed E-state index contributed by atoms with van der Waals surface area (Å²) in [5.74, 6) is -0.440. The van der Waals surface area contributed by atoms with Crippen LogP contribution in [0, 0.1) is 13.8 Å². The number of rotatable bonds is 6. The number of amides is 1. The van der Waals surface area contributed by atoms with Gasteiger partial charge in [0.25, 0.3) is 0 Å². The molecule has 1 amide bonds. The van der Waals surface area contributed by atoms with Crippen molar-refractivity contribution < 1.29 is 19.1 Å². The molecule has 144 valence electrons. The maximum Gasteiger partial charge on any atom is 0.410 e. The van der Waals surface area contributed by atoms with Crippen LogP contribution in [0.4, 0.5) is 4.79 Å². The summed E-state index contributed by atoms with van der Waals surface area (Å²) in [5, 5.41) is 0. The third-order valence-corrected chi connectivity index (χ3v) is 3.38. The van der Waals surface area contributed by atoms with E-state index in [4.69, 9.17) is 9.47 Å². The van der Waals surface area contributed by atoms with Crippen LogP contribution in [0.3, 0.4) is 0 Å². The van der Waals surface area contributed by atoms with E-state index in [0.29, 0.717) is 36.5 Å². The number of esters is 1. The van der Waals surface area contributed by atoms with Gasteiger partial charge in [0.2, 0.25) is 0 Å². The monoisotopic (exact) mass is 363 g/mol. The van der Waals surface area contributed by atoms with Crippen molar-refractivity contribution in [2.24, 2.45) is 0 Å². The van der Waals surface area contributed by atoms with Gasteiger partial charge in [0.15, 0.2) is 0 Å². The van der Waals surface area contributed by atoms with E-state index in [0.717, 1.165) is 5.69 Å². The van der Waals surface area contributed by atoms with Crippen LogP contribution in [0.25, 0.3) is 5.57 Å². The summed E-state index contributed by atoms with van der Waals surface area (Å²) in [5.41, 5.74) is 2.21. The SMILES string of the molecule is CCOC(=O)/C=C(/CCN(C)C(=O)OC(C)(C)C)c1nc(C)cnc1C. The molecule has 26 heavy (non-hydrogen) atoms. The standard InChI is InChI=1S/C19H29N3O4/c1-8-25-16(23)11-15(17-14(3)20-12-13(2)21-17)9-10-22(7)18(24)26-19(4,5)6/h11-12H,8-10H2,1-7H3/b15-11-. The van der Waals surface area contributed by atoms with Crippen LogP contribution >= 0.6 is 0 Å². The number of ether oxygens (including phenoxy) is 2. The van der Waals surface area contributed by atoms with E-state index in [1.165, 1.54) is 11.0 Å². The van der Waals surface area contributed by atoms with Gasteiger partial charge in [0, 0.05) is 25.9 Å². The van der Waals surface area contributed by atoms with Crippen molar-refractivity contribution in [1.29, 1.82) is 0 Å². The van der Waals surface area contributed by atoms with Crippen LogP contribution in [0.2, 0.25) is 0 Å². The first kappa shape index (κ1) is 21.6. The maximum absolute atomic E-state index is 12.1. The number of carbonyl (C=O) groups excluding carboxylic acids is 2.